The van der Waals surface area contributed by atoms with Crippen LogP contribution >= 0.6 is 23.6 Å². The van der Waals surface area contributed by atoms with Gasteiger partial charge in [-0.05, 0) is 60.7 Å². The minimum Gasteiger partial charge on any atom is -0.506 e. The fourth-order valence-corrected chi connectivity index (χ4v) is 4.10. The van der Waals surface area contributed by atoms with E-state index in [9.17, 15) is 9.90 Å². The molecule has 0 atom stereocenters. The van der Waals surface area contributed by atoms with E-state index >= 15 is 0 Å². The zero-order chi connectivity index (χ0) is 26.2. The lowest BCUT2D eigenvalue weighted by atomic mass is 9.99. The summed E-state index contributed by atoms with van der Waals surface area (Å²) in [5.41, 5.74) is 9.48. The molecule has 0 unspecified atom stereocenters. The van der Waals surface area contributed by atoms with Crippen LogP contribution in [0.1, 0.15) is 60.7 Å². The highest BCUT2D eigenvalue weighted by Crippen LogP contribution is 2.38. The minimum absolute atomic E-state index is 0.247. The highest BCUT2D eigenvalue weighted by Gasteiger charge is 2.12. The van der Waals surface area contributed by atoms with Crippen LogP contribution in [-0.4, -0.2) is 34.9 Å². The van der Waals surface area contributed by atoms with E-state index in [1.807, 2.05) is 19.2 Å². The summed E-state index contributed by atoms with van der Waals surface area (Å²) < 4.78 is 0. The third-order valence-electron chi connectivity index (χ3n) is 4.87. The molecule has 0 saturated carbocycles. The first kappa shape index (κ1) is 29.8. The Labute approximate surface area is 217 Å². The number of carbonyl (C=O) groups is 1. The lowest BCUT2D eigenvalue weighted by Crippen LogP contribution is -1.98. The molecule has 0 aliphatic heterocycles. The fourth-order valence-electron chi connectivity index (χ4n) is 3.05. The van der Waals surface area contributed by atoms with Crippen molar-refractivity contribution in [1.82, 2.24) is 5.43 Å². The number of aryl methyl sites for hydroxylation is 2. The van der Waals surface area contributed by atoms with Crippen LogP contribution in [0.5, 0.6) is 5.75 Å². The van der Waals surface area contributed by atoms with Gasteiger partial charge in [0.15, 0.2) is 0 Å². The summed E-state index contributed by atoms with van der Waals surface area (Å²) in [4.78, 5) is 11.4. The molecular weight excluding hydrogens is 478 g/mol. The number of thiophene rings is 1. The quantitative estimate of drug-likeness (QED) is 0.138. The summed E-state index contributed by atoms with van der Waals surface area (Å²) in [6.07, 6.45) is 5.12. The Kier molecular flexibility index (Phi) is 14.0. The molecule has 0 spiro atoms. The van der Waals surface area contributed by atoms with E-state index in [-0.39, 0.29) is 5.56 Å². The molecule has 1 aromatic heterocycles. The molecule has 35 heavy (non-hydrogen) atoms. The van der Waals surface area contributed by atoms with Crippen LogP contribution in [-0.2, 0) is 6.42 Å². The molecule has 0 fully saturated rings. The van der Waals surface area contributed by atoms with Crippen molar-refractivity contribution in [2.45, 2.75) is 47.0 Å². The number of aromatic hydroxyl groups is 1. The molecular formula is C27H35N3O3S2. The Morgan fingerprint density at radius 2 is 1.94 bits per heavy atom. The second kappa shape index (κ2) is 16.4. The fraction of sp³-hybridized carbons (Fsp3) is 0.296. The number of hydrogen-bond donors (Lipinski definition) is 4. The third-order valence-corrected chi connectivity index (χ3v) is 6.03. The van der Waals surface area contributed by atoms with Gasteiger partial charge in [-0.25, -0.2) is 4.79 Å². The van der Waals surface area contributed by atoms with Crippen LogP contribution in [0.3, 0.4) is 0 Å². The van der Waals surface area contributed by atoms with Gasteiger partial charge in [-0.2, -0.15) is 5.10 Å². The maximum atomic E-state index is 10.5. The number of aromatic carboxylic acids is 1. The summed E-state index contributed by atoms with van der Waals surface area (Å²) in [7, 11) is 1.74. The number of benzene rings is 2. The first-order valence-electron chi connectivity index (χ1n) is 11.5. The number of carboxylic acids is 1. The Balaban J connectivity index is 0.000000372. The molecule has 8 heteroatoms. The monoisotopic (exact) mass is 513 g/mol. The average molecular weight is 514 g/mol. The van der Waals surface area contributed by atoms with Gasteiger partial charge in [-0.15, -0.1) is 11.3 Å². The minimum atomic E-state index is -0.942. The van der Waals surface area contributed by atoms with Crippen molar-refractivity contribution >= 4 is 46.9 Å². The molecule has 0 aliphatic rings. The second-order valence-corrected chi connectivity index (χ2v) is 8.36. The predicted octanol–water partition coefficient (Wildman–Crippen LogP) is 7.11. The van der Waals surface area contributed by atoms with Crippen molar-refractivity contribution < 1.29 is 15.0 Å². The second-order valence-electron chi connectivity index (χ2n) is 7.24. The van der Waals surface area contributed by atoms with E-state index in [0.29, 0.717) is 11.4 Å². The van der Waals surface area contributed by atoms with Gasteiger partial charge in [-0.1, -0.05) is 57.6 Å². The summed E-state index contributed by atoms with van der Waals surface area (Å²) in [5, 5.41) is 27.6. The van der Waals surface area contributed by atoms with Gasteiger partial charge < -0.3 is 21.0 Å². The van der Waals surface area contributed by atoms with Crippen molar-refractivity contribution in [2.24, 2.45) is 5.10 Å². The van der Waals surface area contributed by atoms with Crippen LogP contribution in [0.15, 0.2) is 52.9 Å². The first-order valence-corrected chi connectivity index (χ1v) is 12.9. The largest absolute Gasteiger partial charge is 0.506 e. The number of unbranched alkanes of at least 4 members (excludes halogenated alkanes) is 1. The van der Waals surface area contributed by atoms with Crippen LogP contribution in [0, 0.1) is 6.92 Å². The summed E-state index contributed by atoms with van der Waals surface area (Å²) in [6.45, 7) is 8.35. The number of thiocarbonyl (C=S) groups is 1. The molecule has 4 N–H and O–H groups in total. The van der Waals surface area contributed by atoms with Crippen molar-refractivity contribution in [2.75, 3.05) is 12.4 Å². The van der Waals surface area contributed by atoms with Crippen molar-refractivity contribution in [3.8, 4) is 16.2 Å². The topological polar surface area (TPSA) is 94.0 Å². The summed E-state index contributed by atoms with van der Waals surface area (Å²) >= 11 is 6.11. The smallest absolute Gasteiger partial charge is 0.335 e. The first-order chi connectivity index (χ1) is 16.9. The molecule has 2 aromatic carbocycles. The van der Waals surface area contributed by atoms with Gasteiger partial charge in [0.1, 0.15) is 5.75 Å². The van der Waals surface area contributed by atoms with Gasteiger partial charge in [0, 0.05) is 23.7 Å². The number of anilines is 1. The van der Waals surface area contributed by atoms with E-state index in [1.54, 1.807) is 36.7 Å². The molecule has 0 amide bonds. The molecule has 0 radical (unpaired) electrons. The maximum Gasteiger partial charge on any atom is 0.335 e. The van der Waals surface area contributed by atoms with Gasteiger partial charge in [0.2, 0.25) is 0 Å². The van der Waals surface area contributed by atoms with Crippen molar-refractivity contribution in [3.05, 3.63) is 70.1 Å². The Bertz CT molecular complexity index is 1110. The van der Waals surface area contributed by atoms with Gasteiger partial charge >= 0.3 is 5.97 Å². The van der Waals surface area contributed by atoms with E-state index in [2.05, 4.69) is 60.1 Å². The molecule has 3 rings (SSSR count). The molecule has 1 heterocycles. The maximum absolute atomic E-state index is 10.5. The standard InChI is InChI=1S/C17H22N2OS.C8H7NO2S.C2H6/c1-4-5-6-13-9-14(8-7-12(13)2)17-16(20)15(11-21-17)10-19-18-3;10-8(11)6-2-1-3-7(4-6)9-5-12;1-2/h7-11,18,20H,4-6H2,1-3H3;1-5H,(H,9,12)(H,10,11);1-2H3/b19-10+;;. The molecule has 0 bridgehead atoms. The molecule has 6 nitrogen and oxygen atoms in total. The van der Waals surface area contributed by atoms with E-state index in [0.717, 1.165) is 22.4 Å². The van der Waals surface area contributed by atoms with Crippen molar-refractivity contribution in [1.29, 1.82) is 0 Å². The van der Waals surface area contributed by atoms with Crippen LogP contribution in [0.4, 0.5) is 5.69 Å². The SMILES string of the molecule is CC.CCCCc1cc(-c2scc(/C=N/NC)c2O)ccc1C.O=C(O)c1cccc(NC=S)c1. The lowest BCUT2D eigenvalue weighted by Gasteiger charge is -2.08. The number of nitrogens with one attached hydrogen (secondary N) is 2. The van der Waals surface area contributed by atoms with Crippen LogP contribution in [0.2, 0.25) is 0 Å². The number of hydrogen-bond acceptors (Lipinski definition) is 6. The third kappa shape index (κ3) is 9.50. The summed E-state index contributed by atoms with van der Waals surface area (Å²) in [6, 6.07) is 12.9. The Morgan fingerprint density at radius 1 is 1.20 bits per heavy atom. The van der Waals surface area contributed by atoms with E-state index < -0.39 is 5.97 Å². The zero-order valence-corrected chi connectivity index (χ0v) is 22.6. The predicted molar refractivity (Wildman–Crippen MR) is 153 cm³/mol. The van der Waals surface area contributed by atoms with E-state index in [1.165, 1.54) is 41.6 Å². The lowest BCUT2D eigenvalue weighted by molar-refractivity contribution is 0.0697. The highest BCUT2D eigenvalue weighted by atomic mass is 32.1. The number of hydrazone groups is 1. The Morgan fingerprint density at radius 3 is 2.57 bits per heavy atom. The number of nitrogens with zero attached hydrogens (tertiary/aromatic N) is 1. The molecule has 0 saturated heterocycles. The van der Waals surface area contributed by atoms with Crippen LogP contribution < -0.4 is 10.7 Å². The number of carboxylic acid groups (broad SMARTS) is 1. The molecule has 188 valence electrons. The van der Waals surface area contributed by atoms with Gasteiger partial charge in [0.05, 0.1) is 22.1 Å². The van der Waals surface area contributed by atoms with Gasteiger partial charge in [0.25, 0.3) is 0 Å². The molecule has 0 aliphatic carbocycles. The number of rotatable bonds is 9. The van der Waals surface area contributed by atoms with Crippen LogP contribution in [0.25, 0.3) is 10.4 Å². The van der Waals surface area contributed by atoms with Crippen molar-refractivity contribution in [3.63, 3.8) is 0 Å². The molecule has 3 aromatic rings. The van der Waals surface area contributed by atoms with Gasteiger partial charge in [-0.3, -0.25) is 0 Å². The Hall–Kier alpha value is -3.23. The highest BCUT2D eigenvalue weighted by molar-refractivity contribution is 7.79. The van der Waals surface area contributed by atoms with E-state index in [4.69, 9.17) is 5.11 Å². The zero-order valence-electron chi connectivity index (χ0n) is 21.0. The average Bonchev–Trinajstić information content (AvgIpc) is 3.24. The normalized spacial score (nSPS) is 9.97. The summed E-state index contributed by atoms with van der Waals surface area (Å²) in [5.74, 6) is -0.632.